The predicted molar refractivity (Wildman–Crippen MR) is 45.8 cm³/mol. The second-order valence-corrected chi connectivity index (χ2v) is 2.93. The van der Waals surface area contributed by atoms with Crippen molar-refractivity contribution in [1.29, 1.82) is 0 Å². The third kappa shape index (κ3) is 1.95. The summed E-state index contributed by atoms with van der Waals surface area (Å²) in [5.74, 6) is -3.57. The van der Waals surface area contributed by atoms with Crippen LogP contribution in [-0.4, -0.2) is 11.7 Å². The van der Waals surface area contributed by atoms with Crippen LogP contribution in [0.25, 0.3) is 0 Å². The first-order chi connectivity index (χ1) is 5.97. The highest BCUT2D eigenvalue weighted by atomic mass is 19.3. The van der Waals surface area contributed by atoms with Crippen molar-refractivity contribution in [2.45, 2.75) is 12.8 Å². The zero-order chi connectivity index (χ0) is 10.1. The molecule has 0 spiro atoms. The smallest absolute Gasteiger partial charge is 0.288 e. The van der Waals surface area contributed by atoms with Crippen LogP contribution in [0.3, 0.4) is 0 Å². The number of aromatic hydroxyl groups is 1. The van der Waals surface area contributed by atoms with Gasteiger partial charge in [-0.2, -0.15) is 8.78 Å². The molecule has 0 aliphatic carbocycles. The van der Waals surface area contributed by atoms with E-state index in [2.05, 4.69) is 0 Å². The lowest BCUT2D eigenvalue weighted by Gasteiger charge is -2.15. The monoisotopic (exact) mass is 187 g/mol. The van der Waals surface area contributed by atoms with Crippen molar-refractivity contribution in [3.63, 3.8) is 0 Å². The molecule has 0 heterocycles. The van der Waals surface area contributed by atoms with Gasteiger partial charge in [-0.05, 0) is 19.1 Å². The fourth-order valence-electron chi connectivity index (χ4n) is 1.05. The maximum Gasteiger partial charge on any atom is 0.288 e. The first-order valence-electron chi connectivity index (χ1n) is 3.85. The summed E-state index contributed by atoms with van der Waals surface area (Å²) < 4.78 is 26.1. The molecule has 0 unspecified atom stereocenters. The summed E-state index contributed by atoms with van der Waals surface area (Å²) in [6, 6.07) is 4.04. The SMILES string of the molecule is Cc1ccc(O)c(C(F)(F)CN)c1. The molecule has 1 aromatic carbocycles. The maximum absolute atomic E-state index is 13.0. The Bertz CT molecular complexity index is 312. The van der Waals surface area contributed by atoms with Crippen LogP contribution in [0.5, 0.6) is 5.75 Å². The minimum atomic E-state index is -3.16. The molecular formula is C9H11F2NO. The third-order valence-electron chi connectivity index (χ3n) is 1.80. The lowest BCUT2D eigenvalue weighted by atomic mass is 10.0. The van der Waals surface area contributed by atoms with E-state index in [1.165, 1.54) is 12.1 Å². The van der Waals surface area contributed by atoms with E-state index in [-0.39, 0.29) is 0 Å². The quantitative estimate of drug-likeness (QED) is 0.740. The minimum absolute atomic E-state index is 0.407. The van der Waals surface area contributed by atoms with Gasteiger partial charge in [0.25, 0.3) is 5.92 Å². The van der Waals surface area contributed by atoms with Crippen molar-refractivity contribution in [2.75, 3.05) is 6.54 Å². The number of nitrogens with two attached hydrogens (primary N) is 1. The molecule has 0 radical (unpaired) electrons. The van der Waals surface area contributed by atoms with Crippen LogP contribution in [0.2, 0.25) is 0 Å². The fraction of sp³-hybridized carbons (Fsp3) is 0.333. The van der Waals surface area contributed by atoms with Gasteiger partial charge < -0.3 is 10.8 Å². The minimum Gasteiger partial charge on any atom is -0.507 e. The molecule has 72 valence electrons. The highest BCUT2D eigenvalue weighted by molar-refractivity contribution is 5.38. The van der Waals surface area contributed by atoms with Crippen molar-refractivity contribution in [2.24, 2.45) is 5.73 Å². The van der Waals surface area contributed by atoms with Crippen LogP contribution in [0.1, 0.15) is 11.1 Å². The number of halogens is 2. The van der Waals surface area contributed by atoms with E-state index in [0.717, 1.165) is 0 Å². The summed E-state index contributed by atoms with van der Waals surface area (Å²) in [5.41, 5.74) is 5.16. The Morgan fingerprint density at radius 3 is 2.62 bits per heavy atom. The Morgan fingerprint density at radius 2 is 2.08 bits per heavy atom. The van der Waals surface area contributed by atoms with Crippen molar-refractivity contribution in [3.8, 4) is 5.75 Å². The van der Waals surface area contributed by atoms with Crippen LogP contribution >= 0.6 is 0 Å². The number of rotatable bonds is 2. The standard InChI is InChI=1S/C9H11F2NO/c1-6-2-3-8(13)7(4-6)9(10,11)5-12/h2-4,13H,5,12H2,1H3. The molecule has 0 fully saturated rings. The summed E-state index contributed by atoms with van der Waals surface area (Å²) in [6.45, 7) is 0.875. The van der Waals surface area contributed by atoms with E-state index >= 15 is 0 Å². The highest BCUT2D eigenvalue weighted by Gasteiger charge is 2.32. The summed E-state index contributed by atoms with van der Waals surface area (Å²) >= 11 is 0. The third-order valence-corrected chi connectivity index (χ3v) is 1.80. The average molecular weight is 187 g/mol. The van der Waals surface area contributed by atoms with Gasteiger partial charge in [-0.3, -0.25) is 0 Å². The second kappa shape index (κ2) is 3.30. The highest BCUT2D eigenvalue weighted by Crippen LogP contribution is 2.33. The van der Waals surface area contributed by atoms with Gasteiger partial charge in [0.2, 0.25) is 0 Å². The zero-order valence-corrected chi connectivity index (χ0v) is 7.22. The van der Waals surface area contributed by atoms with Gasteiger partial charge in [0.05, 0.1) is 12.1 Å². The second-order valence-electron chi connectivity index (χ2n) is 2.93. The fourth-order valence-corrected chi connectivity index (χ4v) is 1.05. The van der Waals surface area contributed by atoms with Crippen molar-refractivity contribution < 1.29 is 13.9 Å². The van der Waals surface area contributed by atoms with Crippen LogP contribution < -0.4 is 5.73 Å². The van der Waals surface area contributed by atoms with Crippen LogP contribution in [0.4, 0.5) is 8.78 Å². The molecule has 0 aliphatic heterocycles. The van der Waals surface area contributed by atoms with Gasteiger partial charge >= 0.3 is 0 Å². The molecule has 0 aliphatic rings. The normalized spacial score (nSPS) is 11.7. The number of phenolic OH excluding ortho intramolecular Hbond substituents is 1. The molecule has 0 bridgehead atoms. The Balaban J connectivity index is 3.20. The van der Waals surface area contributed by atoms with E-state index in [4.69, 9.17) is 10.8 Å². The molecular weight excluding hydrogens is 176 g/mol. The molecule has 3 N–H and O–H groups in total. The summed E-state index contributed by atoms with van der Waals surface area (Å²) in [4.78, 5) is 0. The number of aryl methyl sites for hydroxylation is 1. The molecule has 1 rings (SSSR count). The van der Waals surface area contributed by atoms with E-state index < -0.39 is 23.8 Å². The van der Waals surface area contributed by atoms with Gasteiger partial charge in [-0.1, -0.05) is 11.6 Å². The number of benzene rings is 1. The average Bonchev–Trinajstić information content (AvgIpc) is 2.09. The van der Waals surface area contributed by atoms with Crippen molar-refractivity contribution >= 4 is 0 Å². The van der Waals surface area contributed by atoms with E-state index in [1.54, 1.807) is 13.0 Å². The molecule has 13 heavy (non-hydrogen) atoms. The molecule has 4 heteroatoms. The van der Waals surface area contributed by atoms with E-state index in [1.807, 2.05) is 0 Å². The summed E-state index contributed by atoms with van der Waals surface area (Å²) in [7, 11) is 0. The molecule has 2 nitrogen and oxygen atoms in total. The first-order valence-corrected chi connectivity index (χ1v) is 3.85. The Labute approximate surface area is 75.0 Å². The largest absolute Gasteiger partial charge is 0.507 e. The molecule has 0 amide bonds. The van der Waals surface area contributed by atoms with Gasteiger partial charge in [0.15, 0.2) is 0 Å². The van der Waals surface area contributed by atoms with Gasteiger partial charge in [-0.25, -0.2) is 0 Å². The van der Waals surface area contributed by atoms with Gasteiger partial charge in [-0.15, -0.1) is 0 Å². The van der Waals surface area contributed by atoms with Gasteiger partial charge in [0, 0.05) is 0 Å². The number of hydrogen-bond donors (Lipinski definition) is 2. The molecule has 0 saturated carbocycles. The number of alkyl halides is 2. The summed E-state index contributed by atoms with van der Waals surface area (Å²) in [5, 5.41) is 9.17. The molecule has 1 aromatic rings. The predicted octanol–water partition coefficient (Wildman–Crippen LogP) is 1.75. The van der Waals surface area contributed by atoms with E-state index in [9.17, 15) is 8.78 Å². The molecule has 0 saturated heterocycles. The number of hydrogen-bond acceptors (Lipinski definition) is 2. The Hall–Kier alpha value is -1.16. The topological polar surface area (TPSA) is 46.2 Å². The van der Waals surface area contributed by atoms with Crippen LogP contribution in [0.15, 0.2) is 18.2 Å². The molecule has 0 atom stereocenters. The summed E-state index contributed by atoms with van der Waals surface area (Å²) in [6.07, 6.45) is 0. The van der Waals surface area contributed by atoms with Gasteiger partial charge in [0.1, 0.15) is 5.75 Å². The maximum atomic E-state index is 13.0. The van der Waals surface area contributed by atoms with Crippen molar-refractivity contribution in [3.05, 3.63) is 29.3 Å². The zero-order valence-electron chi connectivity index (χ0n) is 7.22. The lowest BCUT2D eigenvalue weighted by molar-refractivity contribution is 0.00371. The van der Waals surface area contributed by atoms with Crippen LogP contribution in [-0.2, 0) is 5.92 Å². The van der Waals surface area contributed by atoms with Crippen LogP contribution in [0, 0.1) is 6.92 Å². The van der Waals surface area contributed by atoms with E-state index in [0.29, 0.717) is 5.56 Å². The Kier molecular flexibility index (Phi) is 2.52. The lowest BCUT2D eigenvalue weighted by Crippen LogP contribution is -2.25. The van der Waals surface area contributed by atoms with Crippen molar-refractivity contribution in [1.82, 2.24) is 0 Å². The first kappa shape index (κ1) is 9.92. The molecule has 0 aromatic heterocycles. The number of phenols is 1. The Morgan fingerprint density at radius 1 is 1.46 bits per heavy atom.